The molecular formula is C16H17NO2. The maximum Gasteiger partial charge on any atom is 0.227 e. The molecule has 1 aliphatic carbocycles. The van der Waals surface area contributed by atoms with Gasteiger partial charge in [-0.05, 0) is 23.1 Å². The first-order valence-corrected chi connectivity index (χ1v) is 6.81. The standard InChI is InChI=1S/C16H17NO2/c18-14-7-9-17(10-8-14)16(19)11-13-6-5-12-3-1-2-4-15(12)13/h1-4,6H,5,7-11H2. The quantitative estimate of drug-likeness (QED) is 0.812. The number of Topliss-reactive ketones (excluding diaryl/α,β-unsaturated/α-hetero) is 1. The molecule has 19 heavy (non-hydrogen) atoms. The number of carbonyl (C=O) groups is 2. The summed E-state index contributed by atoms with van der Waals surface area (Å²) in [5, 5.41) is 0. The van der Waals surface area contributed by atoms with Crippen molar-refractivity contribution in [1.82, 2.24) is 4.90 Å². The van der Waals surface area contributed by atoms with Gasteiger partial charge in [0.25, 0.3) is 0 Å². The minimum Gasteiger partial charge on any atom is -0.342 e. The van der Waals surface area contributed by atoms with Gasteiger partial charge in [0.2, 0.25) is 5.91 Å². The number of ketones is 1. The molecule has 0 atom stereocenters. The van der Waals surface area contributed by atoms with Gasteiger partial charge >= 0.3 is 0 Å². The molecule has 2 aliphatic rings. The van der Waals surface area contributed by atoms with E-state index in [9.17, 15) is 9.59 Å². The van der Waals surface area contributed by atoms with Gasteiger partial charge in [-0.15, -0.1) is 0 Å². The van der Waals surface area contributed by atoms with E-state index in [2.05, 4.69) is 18.2 Å². The maximum absolute atomic E-state index is 12.2. The number of hydrogen-bond acceptors (Lipinski definition) is 2. The van der Waals surface area contributed by atoms with Crippen LogP contribution in [-0.4, -0.2) is 29.7 Å². The molecule has 0 spiro atoms. The van der Waals surface area contributed by atoms with Crippen LogP contribution >= 0.6 is 0 Å². The Balaban J connectivity index is 1.66. The molecule has 0 N–H and O–H groups in total. The first kappa shape index (κ1) is 12.2. The molecule has 0 aromatic heterocycles. The number of amides is 1. The lowest BCUT2D eigenvalue weighted by Crippen LogP contribution is -2.38. The Labute approximate surface area is 112 Å². The van der Waals surface area contributed by atoms with Gasteiger partial charge in [-0.3, -0.25) is 9.59 Å². The first-order chi connectivity index (χ1) is 9.24. The third-order valence-corrected chi connectivity index (χ3v) is 3.95. The molecule has 0 bridgehead atoms. The van der Waals surface area contributed by atoms with Crippen molar-refractivity contribution in [3.05, 3.63) is 41.5 Å². The van der Waals surface area contributed by atoms with Crippen molar-refractivity contribution in [2.75, 3.05) is 13.1 Å². The molecule has 0 radical (unpaired) electrons. The van der Waals surface area contributed by atoms with Crippen LogP contribution < -0.4 is 0 Å². The second-order valence-corrected chi connectivity index (χ2v) is 5.19. The van der Waals surface area contributed by atoms with Gasteiger partial charge in [-0.2, -0.15) is 0 Å². The molecule has 1 amide bonds. The monoisotopic (exact) mass is 255 g/mol. The minimum absolute atomic E-state index is 0.149. The van der Waals surface area contributed by atoms with Gasteiger partial charge in [0.1, 0.15) is 5.78 Å². The Hall–Kier alpha value is -1.90. The molecule has 1 saturated heterocycles. The first-order valence-electron chi connectivity index (χ1n) is 6.81. The van der Waals surface area contributed by atoms with Gasteiger partial charge in [-0.1, -0.05) is 30.3 Å². The summed E-state index contributed by atoms with van der Waals surface area (Å²) in [4.78, 5) is 25.3. The highest BCUT2D eigenvalue weighted by atomic mass is 16.2. The molecule has 0 unspecified atom stereocenters. The average Bonchev–Trinajstić information content (AvgIpc) is 2.83. The van der Waals surface area contributed by atoms with E-state index < -0.39 is 0 Å². The second-order valence-electron chi connectivity index (χ2n) is 5.19. The highest BCUT2D eigenvalue weighted by molar-refractivity contribution is 5.92. The summed E-state index contributed by atoms with van der Waals surface area (Å²) in [5.74, 6) is 0.421. The summed E-state index contributed by atoms with van der Waals surface area (Å²) in [5.41, 5.74) is 3.65. The third-order valence-electron chi connectivity index (χ3n) is 3.95. The Morgan fingerprint density at radius 1 is 1.16 bits per heavy atom. The van der Waals surface area contributed by atoms with Crippen LogP contribution in [0.15, 0.2) is 30.3 Å². The van der Waals surface area contributed by atoms with E-state index in [4.69, 9.17) is 0 Å². The maximum atomic E-state index is 12.2. The van der Waals surface area contributed by atoms with Crippen LogP contribution in [0, 0.1) is 0 Å². The van der Waals surface area contributed by atoms with Gasteiger partial charge in [0.15, 0.2) is 0 Å². The Kier molecular flexibility index (Phi) is 3.20. The number of piperidine rings is 1. The highest BCUT2D eigenvalue weighted by Crippen LogP contribution is 2.30. The number of rotatable bonds is 2. The summed E-state index contributed by atoms with van der Waals surface area (Å²) in [6.45, 7) is 1.18. The smallest absolute Gasteiger partial charge is 0.227 e. The summed E-state index contributed by atoms with van der Waals surface area (Å²) in [6, 6.07) is 8.25. The number of allylic oxidation sites excluding steroid dienone is 1. The Bertz CT molecular complexity index is 550. The van der Waals surface area contributed by atoms with Crippen LogP contribution in [-0.2, 0) is 16.0 Å². The molecule has 3 nitrogen and oxygen atoms in total. The average molecular weight is 255 g/mol. The highest BCUT2D eigenvalue weighted by Gasteiger charge is 2.23. The van der Waals surface area contributed by atoms with E-state index in [1.54, 1.807) is 0 Å². The summed E-state index contributed by atoms with van der Waals surface area (Å²) in [7, 11) is 0. The van der Waals surface area contributed by atoms with E-state index in [-0.39, 0.29) is 11.7 Å². The fraction of sp³-hybridized carbons (Fsp3) is 0.375. The number of benzene rings is 1. The van der Waals surface area contributed by atoms with Crippen molar-refractivity contribution in [2.24, 2.45) is 0 Å². The van der Waals surface area contributed by atoms with Crippen LogP contribution in [0.25, 0.3) is 5.57 Å². The molecule has 1 aliphatic heterocycles. The number of carbonyl (C=O) groups excluding carboxylic acids is 2. The van der Waals surface area contributed by atoms with Crippen molar-refractivity contribution < 1.29 is 9.59 Å². The van der Waals surface area contributed by atoms with Crippen molar-refractivity contribution in [3.8, 4) is 0 Å². The fourth-order valence-electron chi connectivity index (χ4n) is 2.80. The third kappa shape index (κ3) is 2.46. The van der Waals surface area contributed by atoms with Crippen molar-refractivity contribution in [1.29, 1.82) is 0 Å². The predicted octanol–water partition coefficient (Wildman–Crippen LogP) is 2.21. The molecule has 3 heteroatoms. The van der Waals surface area contributed by atoms with Crippen molar-refractivity contribution in [2.45, 2.75) is 25.7 Å². The fourth-order valence-corrected chi connectivity index (χ4v) is 2.80. The molecule has 3 rings (SSSR count). The van der Waals surface area contributed by atoms with Gasteiger partial charge in [0, 0.05) is 25.9 Å². The van der Waals surface area contributed by atoms with Crippen LogP contribution in [0.3, 0.4) is 0 Å². The topological polar surface area (TPSA) is 37.4 Å². The normalized spacial score (nSPS) is 18.2. The minimum atomic E-state index is 0.149. The predicted molar refractivity (Wildman–Crippen MR) is 73.6 cm³/mol. The van der Waals surface area contributed by atoms with Crippen LogP contribution in [0.5, 0.6) is 0 Å². The second kappa shape index (κ2) is 5.00. The van der Waals surface area contributed by atoms with Crippen LogP contribution in [0.4, 0.5) is 0 Å². The van der Waals surface area contributed by atoms with Crippen molar-refractivity contribution in [3.63, 3.8) is 0 Å². The molecular weight excluding hydrogens is 238 g/mol. The zero-order chi connectivity index (χ0) is 13.2. The number of likely N-dealkylation sites (tertiary alicyclic amines) is 1. The molecule has 1 fully saturated rings. The number of hydrogen-bond donors (Lipinski definition) is 0. The number of fused-ring (bicyclic) bond motifs is 1. The van der Waals surface area contributed by atoms with E-state index in [1.165, 1.54) is 11.1 Å². The SMILES string of the molecule is O=C1CCN(C(=O)CC2=CCc3ccccc32)CC1. The molecule has 98 valence electrons. The summed E-state index contributed by atoms with van der Waals surface area (Å²) >= 11 is 0. The Morgan fingerprint density at radius 2 is 1.89 bits per heavy atom. The van der Waals surface area contributed by atoms with E-state index >= 15 is 0 Å². The Morgan fingerprint density at radius 3 is 2.68 bits per heavy atom. The molecule has 1 aromatic rings. The molecule has 1 aromatic carbocycles. The van der Waals surface area contributed by atoms with Crippen LogP contribution in [0.1, 0.15) is 30.4 Å². The number of nitrogens with zero attached hydrogens (tertiary/aromatic N) is 1. The van der Waals surface area contributed by atoms with Gasteiger partial charge in [0.05, 0.1) is 6.42 Å². The van der Waals surface area contributed by atoms with Gasteiger partial charge < -0.3 is 4.90 Å². The lowest BCUT2D eigenvalue weighted by Gasteiger charge is -2.26. The van der Waals surface area contributed by atoms with Gasteiger partial charge in [-0.25, -0.2) is 0 Å². The van der Waals surface area contributed by atoms with E-state index in [0.717, 1.165) is 12.0 Å². The molecule has 1 heterocycles. The summed E-state index contributed by atoms with van der Waals surface area (Å²) < 4.78 is 0. The van der Waals surface area contributed by atoms with E-state index in [1.807, 2.05) is 17.0 Å². The zero-order valence-electron chi connectivity index (χ0n) is 10.9. The zero-order valence-corrected chi connectivity index (χ0v) is 10.9. The largest absolute Gasteiger partial charge is 0.342 e. The molecule has 0 saturated carbocycles. The summed E-state index contributed by atoms with van der Waals surface area (Å²) in [6.07, 6.45) is 4.57. The van der Waals surface area contributed by atoms with E-state index in [0.29, 0.717) is 32.4 Å². The lowest BCUT2D eigenvalue weighted by atomic mass is 10.0. The van der Waals surface area contributed by atoms with Crippen LogP contribution in [0.2, 0.25) is 0 Å². The van der Waals surface area contributed by atoms with Crippen molar-refractivity contribution >= 4 is 17.3 Å². The lowest BCUT2D eigenvalue weighted by molar-refractivity contribution is -0.133.